The van der Waals surface area contributed by atoms with E-state index in [4.69, 9.17) is 4.74 Å². The molecule has 0 spiro atoms. The van der Waals surface area contributed by atoms with Crippen LogP contribution in [0.15, 0.2) is 27.6 Å². The SMILES string of the molecule is CC(C)(C)OC(=O)N[C@H](C(=O)O)[C@@H]1CCCc2ccc(Br)cc2S1. The number of hydrogen-bond acceptors (Lipinski definition) is 4. The molecule has 0 aliphatic carbocycles. The molecule has 132 valence electrons. The summed E-state index contributed by atoms with van der Waals surface area (Å²) in [4.78, 5) is 24.7. The first kappa shape index (κ1) is 19.1. The molecule has 0 saturated heterocycles. The molecule has 0 bridgehead atoms. The molecule has 0 fully saturated rings. The zero-order chi connectivity index (χ0) is 17.9. The number of carboxylic acid groups (broad SMARTS) is 1. The van der Waals surface area contributed by atoms with Gasteiger partial charge in [-0.2, -0.15) is 0 Å². The van der Waals surface area contributed by atoms with Crippen LogP contribution in [-0.2, 0) is 16.0 Å². The number of aliphatic carboxylic acids is 1. The minimum atomic E-state index is -1.04. The topological polar surface area (TPSA) is 75.6 Å². The van der Waals surface area contributed by atoms with Gasteiger partial charge in [0.05, 0.1) is 0 Å². The highest BCUT2D eigenvalue weighted by molar-refractivity contribution is 9.10. The van der Waals surface area contributed by atoms with E-state index in [0.717, 1.165) is 22.2 Å². The number of ether oxygens (including phenoxy) is 1. The van der Waals surface area contributed by atoms with Crippen molar-refractivity contribution in [2.24, 2.45) is 0 Å². The summed E-state index contributed by atoms with van der Waals surface area (Å²) in [5, 5.41) is 11.9. The molecule has 24 heavy (non-hydrogen) atoms. The number of thioether (sulfide) groups is 1. The van der Waals surface area contributed by atoms with E-state index >= 15 is 0 Å². The molecule has 7 heteroatoms. The quantitative estimate of drug-likeness (QED) is 0.772. The number of carbonyl (C=O) groups excluding carboxylic acids is 1. The molecule has 2 rings (SSSR count). The molecular weight excluding hydrogens is 394 g/mol. The standard InChI is InChI=1S/C17H22BrNO4S/c1-17(2,3)23-16(22)19-14(15(20)21)12-6-4-5-10-7-8-11(18)9-13(10)24-12/h7-9,12,14H,4-6H2,1-3H3,(H,19,22)(H,20,21)/t12-,14-/m0/s1. The predicted molar refractivity (Wildman–Crippen MR) is 97.5 cm³/mol. The Balaban J connectivity index is 2.16. The van der Waals surface area contributed by atoms with Gasteiger partial charge in [-0.15, -0.1) is 11.8 Å². The summed E-state index contributed by atoms with van der Waals surface area (Å²) < 4.78 is 6.16. The highest BCUT2D eigenvalue weighted by Crippen LogP contribution is 2.37. The molecule has 0 radical (unpaired) electrons. The van der Waals surface area contributed by atoms with Crippen LogP contribution in [0.5, 0.6) is 0 Å². The fraction of sp³-hybridized carbons (Fsp3) is 0.529. The van der Waals surface area contributed by atoms with Gasteiger partial charge in [-0.3, -0.25) is 0 Å². The third-order valence-electron chi connectivity index (χ3n) is 3.55. The van der Waals surface area contributed by atoms with E-state index in [1.54, 1.807) is 20.8 Å². The van der Waals surface area contributed by atoms with Crippen molar-refractivity contribution in [3.8, 4) is 0 Å². The van der Waals surface area contributed by atoms with Gasteiger partial charge >= 0.3 is 12.1 Å². The van der Waals surface area contributed by atoms with E-state index in [1.807, 2.05) is 12.1 Å². The molecule has 2 N–H and O–H groups in total. The maximum Gasteiger partial charge on any atom is 0.408 e. The molecular formula is C17H22BrNO4S. The van der Waals surface area contributed by atoms with Gasteiger partial charge in [0.25, 0.3) is 0 Å². The number of halogens is 1. The van der Waals surface area contributed by atoms with Gasteiger partial charge in [0.1, 0.15) is 11.6 Å². The van der Waals surface area contributed by atoms with Crippen molar-refractivity contribution in [1.82, 2.24) is 5.32 Å². The average Bonchev–Trinajstić information content (AvgIpc) is 2.64. The number of aryl methyl sites for hydroxylation is 1. The van der Waals surface area contributed by atoms with Crippen LogP contribution in [0.4, 0.5) is 4.79 Å². The van der Waals surface area contributed by atoms with E-state index in [0.29, 0.717) is 6.42 Å². The molecule has 1 amide bonds. The minimum absolute atomic E-state index is 0.245. The van der Waals surface area contributed by atoms with Crippen LogP contribution in [0.2, 0.25) is 0 Å². The van der Waals surface area contributed by atoms with E-state index in [-0.39, 0.29) is 5.25 Å². The maximum absolute atomic E-state index is 12.0. The number of hydrogen-bond donors (Lipinski definition) is 2. The molecule has 1 aliphatic heterocycles. The summed E-state index contributed by atoms with van der Waals surface area (Å²) in [6.07, 6.45) is 1.80. The van der Waals surface area contributed by atoms with Gasteiger partial charge in [-0.1, -0.05) is 22.0 Å². The number of benzene rings is 1. The maximum atomic E-state index is 12.0. The third-order valence-corrected chi connectivity index (χ3v) is 5.49. The molecule has 0 unspecified atom stereocenters. The van der Waals surface area contributed by atoms with Crippen molar-refractivity contribution in [3.63, 3.8) is 0 Å². The lowest BCUT2D eigenvalue weighted by Gasteiger charge is -2.26. The van der Waals surface area contributed by atoms with Crippen LogP contribution in [-0.4, -0.2) is 34.1 Å². The molecule has 1 aromatic carbocycles. The number of carboxylic acids is 1. The Labute approximate surface area is 154 Å². The number of fused-ring (bicyclic) bond motifs is 1. The van der Waals surface area contributed by atoms with Crippen molar-refractivity contribution in [3.05, 3.63) is 28.2 Å². The van der Waals surface area contributed by atoms with Gasteiger partial charge in [0, 0.05) is 14.6 Å². The normalized spacial score (nSPS) is 18.9. The summed E-state index contributed by atoms with van der Waals surface area (Å²) >= 11 is 4.96. The average molecular weight is 416 g/mol. The Hall–Kier alpha value is -1.21. The summed E-state index contributed by atoms with van der Waals surface area (Å²) in [5.74, 6) is -1.04. The van der Waals surface area contributed by atoms with Crippen LogP contribution in [0, 0.1) is 0 Å². The molecule has 2 atom stereocenters. The van der Waals surface area contributed by atoms with Crippen LogP contribution in [0.1, 0.15) is 39.2 Å². The van der Waals surface area contributed by atoms with Gasteiger partial charge < -0.3 is 15.2 Å². The minimum Gasteiger partial charge on any atom is -0.480 e. The van der Waals surface area contributed by atoms with Crippen LogP contribution in [0.3, 0.4) is 0 Å². The largest absolute Gasteiger partial charge is 0.480 e. The lowest BCUT2D eigenvalue weighted by molar-refractivity contribution is -0.139. The molecule has 0 saturated carbocycles. The van der Waals surface area contributed by atoms with E-state index in [1.165, 1.54) is 17.3 Å². The Morgan fingerprint density at radius 2 is 2.12 bits per heavy atom. The second kappa shape index (κ2) is 7.78. The highest BCUT2D eigenvalue weighted by atomic mass is 79.9. The molecule has 1 heterocycles. The smallest absolute Gasteiger partial charge is 0.408 e. The Bertz CT molecular complexity index is 630. The highest BCUT2D eigenvalue weighted by Gasteiger charge is 2.33. The van der Waals surface area contributed by atoms with Gasteiger partial charge in [0.15, 0.2) is 0 Å². The summed E-state index contributed by atoms with van der Waals surface area (Å²) in [5.41, 5.74) is 0.549. The lowest BCUT2D eigenvalue weighted by atomic mass is 10.0. The predicted octanol–water partition coefficient (Wildman–Crippen LogP) is 4.22. The molecule has 5 nitrogen and oxygen atoms in total. The van der Waals surface area contributed by atoms with Crippen LogP contribution in [0.25, 0.3) is 0 Å². The molecule has 0 aromatic heterocycles. The zero-order valence-electron chi connectivity index (χ0n) is 14.0. The Morgan fingerprint density at radius 3 is 2.75 bits per heavy atom. The fourth-order valence-corrected chi connectivity index (χ4v) is 4.50. The third kappa shape index (κ3) is 5.41. The first-order valence-electron chi connectivity index (χ1n) is 7.83. The van der Waals surface area contributed by atoms with Gasteiger partial charge in [-0.05, 0) is 57.7 Å². The van der Waals surface area contributed by atoms with Crippen LogP contribution >= 0.6 is 27.7 Å². The zero-order valence-corrected chi connectivity index (χ0v) is 16.4. The first-order valence-corrected chi connectivity index (χ1v) is 9.50. The van der Waals surface area contributed by atoms with Gasteiger partial charge in [-0.25, -0.2) is 9.59 Å². The second-order valence-corrected chi connectivity index (χ2v) is 8.96. The van der Waals surface area contributed by atoms with Crippen molar-refractivity contribution < 1.29 is 19.4 Å². The number of rotatable bonds is 3. The van der Waals surface area contributed by atoms with Crippen molar-refractivity contribution >= 4 is 39.8 Å². The lowest BCUT2D eigenvalue weighted by Crippen LogP contribution is -2.49. The van der Waals surface area contributed by atoms with Crippen molar-refractivity contribution in [1.29, 1.82) is 0 Å². The molecule has 1 aliphatic rings. The summed E-state index contributed by atoms with van der Waals surface area (Å²) in [6, 6.07) is 5.07. The summed E-state index contributed by atoms with van der Waals surface area (Å²) in [6.45, 7) is 5.24. The monoisotopic (exact) mass is 415 g/mol. The van der Waals surface area contributed by atoms with Gasteiger partial charge in [0.2, 0.25) is 0 Å². The van der Waals surface area contributed by atoms with E-state index in [2.05, 4.69) is 27.3 Å². The Morgan fingerprint density at radius 1 is 1.42 bits per heavy atom. The van der Waals surface area contributed by atoms with Crippen molar-refractivity contribution in [2.45, 2.75) is 61.8 Å². The van der Waals surface area contributed by atoms with E-state index in [9.17, 15) is 14.7 Å². The number of amides is 1. The Kier molecular flexibility index (Phi) is 6.20. The first-order chi connectivity index (χ1) is 11.2. The number of carbonyl (C=O) groups is 2. The van der Waals surface area contributed by atoms with E-state index < -0.39 is 23.7 Å². The summed E-state index contributed by atoms with van der Waals surface area (Å²) in [7, 11) is 0. The molecule has 1 aromatic rings. The van der Waals surface area contributed by atoms with Crippen molar-refractivity contribution in [2.75, 3.05) is 0 Å². The second-order valence-electron chi connectivity index (χ2n) is 6.76. The number of alkyl carbamates (subject to hydrolysis) is 1. The van der Waals surface area contributed by atoms with Crippen LogP contribution < -0.4 is 5.32 Å². The number of nitrogens with one attached hydrogen (secondary N) is 1. The fourth-order valence-electron chi connectivity index (χ4n) is 2.54.